The van der Waals surface area contributed by atoms with Crippen LogP contribution in [-0.4, -0.2) is 62.7 Å². The van der Waals surface area contributed by atoms with Gasteiger partial charge in [-0.25, -0.2) is 13.4 Å². The predicted octanol–water partition coefficient (Wildman–Crippen LogP) is 2.34. The van der Waals surface area contributed by atoms with Crippen molar-refractivity contribution in [3.8, 4) is 0 Å². The molecule has 0 aliphatic carbocycles. The number of aromatic nitrogens is 1. The number of benzene rings is 3. The molecule has 0 saturated carbocycles. The molecule has 10 heteroatoms. The Labute approximate surface area is 241 Å². The van der Waals surface area contributed by atoms with Gasteiger partial charge >= 0.3 is 0 Å². The van der Waals surface area contributed by atoms with Gasteiger partial charge in [0.25, 0.3) is 5.91 Å². The summed E-state index contributed by atoms with van der Waals surface area (Å²) in [7, 11) is 1.86. The number of thiazole rings is 1. The summed E-state index contributed by atoms with van der Waals surface area (Å²) in [4.78, 5) is 22.5. The van der Waals surface area contributed by atoms with Crippen LogP contribution in [0.3, 0.4) is 0 Å². The zero-order valence-corrected chi connectivity index (χ0v) is 25.3. The third-order valence-electron chi connectivity index (χ3n) is 6.33. The molecule has 0 spiro atoms. The average molecular weight is 586 g/mol. The van der Waals surface area contributed by atoms with Crippen LogP contribution in [-0.2, 0) is 16.6 Å². The van der Waals surface area contributed by atoms with Crippen LogP contribution >= 0.6 is 11.3 Å². The zero-order valence-electron chi connectivity index (χ0n) is 22.9. The van der Waals surface area contributed by atoms with Gasteiger partial charge in [-0.05, 0) is 87.9 Å². The molecule has 1 aromatic heterocycles. The Morgan fingerprint density at radius 1 is 0.923 bits per heavy atom. The highest BCUT2D eigenvalue weighted by Crippen LogP contribution is 2.33. The molecular formula is C29H34ClN4O3S2-. The third-order valence-corrected chi connectivity index (χ3v) is 9.38. The van der Waals surface area contributed by atoms with Crippen molar-refractivity contribution in [1.29, 1.82) is 0 Å². The molecule has 0 fully saturated rings. The number of anilines is 1. The van der Waals surface area contributed by atoms with Crippen LogP contribution in [0.4, 0.5) is 5.13 Å². The van der Waals surface area contributed by atoms with Crippen molar-refractivity contribution in [2.45, 2.75) is 31.7 Å². The van der Waals surface area contributed by atoms with Gasteiger partial charge in [0, 0.05) is 25.7 Å². The van der Waals surface area contributed by atoms with Crippen LogP contribution in [0.25, 0.3) is 10.2 Å². The monoisotopic (exact) mass is 585 g/mol. The summed E-state index contributed by atoms with van der Waals surface area (Å²) in [5.41, 5.74) is 4.48. The highest BCUT2D eigenvalue weighted by Gasteiger charge is 2.24. The van der Waals surface area contributed by atoms with Gasteiger partial charge in [-0.1, -0.05) is 47.7 Å². The minimum atomic E-state index is -3.71. The third kappa shape index (κ3) is 7.23. The van der Waals surface area contributed by atoms with Gasteiger partial charge < -0.3 is 17.3 Å². The number of hydrogen-bond donors (Lipinski definition) is 0. The quantitative estimate of drug-likeness (QED) is 0.286. The molecule has 0 aliphatic rings. The lowest BCUT2D eigenvalue weighted by molar-refractivity contribution is -0.0000179. The number of hydrogen-bond acceptors (Lipinski definition) is 6. The minimum absolute atomic E-state index is 0. The fourth-order valence-corrected chi connectivity index (χ4v) is 6.54. The second-order valence-corrected chi connectivity index (χ2v) is 12.8. The lowest BCUT2D eigenvalue weighted by Gasteiger charge is -2.21. The van der Waals surface area contributed by atoms with Gasteiger partial charge in [0.1, 0.15) is 0 Å². The second-order valence-electron chi connectivity index (χ2n) is 9.81. The first-order valence-corrected chi connectivity index (χ1v) is 14.8. The zero-order chi connectivity index (χ0) is 27.4. The van der Waals surface area contributed by atoms with Crippen LogP contribution in [0.1, 0.15) is 33.5 Å². The lowest BCUT2D eigenvalue weighted by atomic mass is 10.1. The number of aryl methyl sites for hydroxylation is 2. The van der Waals surface area contributed by atoms with E-state index in [0.29, 0.717) is 17.2 Å². The first-order chi connectivity index (χ1) is 18.1. The van der Waals surface area contributed by atoms with Crippen molar-refractivity contribution < 1.29 is 25.6 Å². The molecule has 0 saturated heterocycles. The van der Waals surface area contributed by atoms with E-state index >= 15 is 0 Å². The molecule has 4 aromatic rings. The molecule has 0 atom stereocenters. The molecule has 7 nitrogen and oxygen atoms in total. The number of nitrogens with zero attached hydrogens (tertiary/aromatic N) is 4. The molecule has 3 aromatic carbocycles. The van der Waals surface area contributed by atoms with Gasteiger partial charge in [0.2, 0.25) is 10.0 Å². The van der Waals surface area contributed by atoms with Crippen LogP contribution in [0.15, 0.2) is 71.6 Å². The number of amides is 1. The maximum Gasteiger partial charge on any atom is 0.260 e. The highest BCUT2D eigenvalue weighted by atomic mass is 35.5. The van der Waals surface area contributed by atoms with E-state index < -0.39 is 10.0 Å². The van der Waals surface area contributed by atoms with E-state index in [2.05, 4.69) is 17.9 Å². The van der Waals surface area contributed by atoms with E-state index in [4.69, 9.17) is 4.98 Å². The summed E-state index contributed by atoms with van der Waals surface area (Å²) >= 11 is 1.51. The Hall–Kier alpha value is -2.82. The fraction of sp³-hybridized carbons (Fsp3) is 0.310. The summed E-state index contributed by atoms with van der Waals surface area (Å²) in [6, 6.07) is 19.8. The van der Waals surface area contributed by atoms with Crippen LogP contribution < -0.4 is 17.3 Å². The van der Waals surface area contributed by atoms with Crippen molar-refractivity contribution in [2.24, 2.45) is 0 Å². The number of fused-ring (bicyclic) bond motifs is 1. The van der Waals surface area contributed by atoms with Gasteiger partial charge in [-0.15, -0.1) is 0 Å². The standard InChI is InChI=1S/C29H34N4O3S2.ClH/c1-21-18-22(2)27-26(19-21)30-29(37-27)33(17-9-16-31(3)4)28(34)24-12-14-25(15-13-24)38(35,36)32(5)20-23-10-7-6-8-11-23;/h6-8,10-15,18-19H,9,16-17,20H2,1-5H3;1H/p-1. The molecule has 0 bridgehead atoms. The molecule has 1 heterocycles. The van der Waals surface area contributed by atoms with Crippen LogP contribution in [0.5, 0.6) is 0 Å². The van der Waals surface area contributed by atoms with E-state index in [1.54, 1.807) is 24.1 Å². The van der Waals surface area contributed by atoms with Gasteiger partial charge in [0.15, 0.2) is 5.13 Å². The molecule has 0 radical (unpaired) electrons. The number of carbonyl (C=O) groups is 1. The van der Waals surface area contributed by atoms with Crippen LogP contribution in [0, 0.1) is 13.8 Å². The van der Waals surface area contributed by atoms with Crippen molar-refractivity contribution >= 4 is 42.6 Å². The SMILES string of the molecule is Cc1cc(C)c2sc(N(CCCN(C)C)C(=O)c3ccc(S(=O)(=O)N(C)Cc4ccccc4)cc3)nc2c1.[Cl-]. The Morgan fingerprint density at radius 2 is 1.59 bits per heavy atom. The summed E-state index contributed by atoms with van der Waals surface area (Å²) in [5.74, 6) is -0.196. The smallest absolute Gasteiger partial charge is 0.260 e. The van der Waals surface area contributed by atoms with E-state index in [1.807, 2.05) is 57.4 Å². The first-order valence-electron chi connectivity index (χ1n) is 12.5. The van der Waals surface area contributed by atoms with Crippen molar-refractivity contribution in [1.82, 2.24) is 14.2 Å². The first kappa shape index (κ1) is 30.7. The fourth-order valence-electron chi connectivity index (χ4n) is 4.34. The Balaban J connectivity index is 0.00000420. The van der Waals surface area contributed by atoms with Crippen molar-refractivity contribution in [2.75, 3.05) is 39.1 Å². The molecule has 1 amide bonds. The Bertz CT molecular complexity index is 1520. The maximum atomic E-state index is 13.7. The minimum Gasteiger partial charge on any atom is -1.00 e. The molecule has 39 heavy (non-hydrogen) atoms. The molecule has 4 rings (SSSR count). The summed E-state index contributed by atoms with van der Waals surface area (Å²) in [6.07, 6.45) is 0.781. The van der Waals surface area contributed by atoms with Gasteiger partial charge in [-0.3, -0.25) is 9.69 Å². The predicted molar refractivity (Wildman–Crippen MR) is 155 cm³/mol. The van der Waals surface area contributed by atoms with Gasteiger partial charge in [0.05, 0.1) is 15.1 Å². The summed E-state index contributed by atoms with van der Waals surface area (Å²) in [5, 5.41) is 0.650. The molecular weight excluding hydrogens is 552 g/mol. The number of rotatable bonds is 10. The largest absolute Gasteiger partial charge is 1.00 e. The van der Waals surface area contributed by atoms with Crippen molar-refractivity contribution in [3.05, 3.63) is 89.0 Å². The topological polar surface area (TPSA) is 73.8 Å². The molecule has 0 aliphatic heterocycles. The Kier molecular flexibility index (Phi) is 10.3. The van der Waals surface area contributed by atoms with E-state index in [1.165, 1.54) is 27.8 Å². The van der Waals surface area contributed by atoms with E-state index in [-0.39, 0.29) is 29.8 Å². The van der Waals surface area contributed by atoms with Crippen molar-refractivity contribution in [3.63, 3.8) is 0 Å². The summed E-state index contributed by atoms with van der Waals surface area (Å²) < 4.78 is 28.7. The average Bonchev–Trinajstić information content (AvgIpc) is 3.31. The number of carbonyl (C=O) groups excluding carboxylic acids is 1. The summed E-state index contributed by atoms with van der Waals surface area (Å²) in [6.45, 7) is 5.70. The van der Waals surface area contributed by atoms with E-state index in [0.717, 1.165) is 39.9 Å². The van der Waals surface area contributed by atoms with E-state index in [9.17, 15) is 13.2 Å². The van der Waals surface area contributed by atoms with Crippen LogP contribution in [0.2, 0.25) is 0 Å². The maximum absolute atomic E-state index is 13.7. The second kappa shape index (κ2) is 13.0. The molecule has 0 unspecified atom stereocenters. The highest BCUT2D eigenvalue weighted by molar-refractivity contribution is 7.89. The Morgan fingerprint density at radius 3 is 2.23 bits per heavy atom. The van der Waals surface area contributed by atoms with Gasteiger partial charge in [-0.2, -0.15) is 4.31 Å². The lowest BCUT2D eigenvalue weighted by Crippen LogP contribution is -3.00. The normalized spacial score (nSPS) is 11.7. The number of halogens is 1. The molecule has 208 valence electrons. The number of sulfonamides is 1. The molecule has 0 N–H and O–H groups in total.